The molecule has 5 heteroatoms. The van der Waals surface area contributed by atoms with E-state index in [1.807, 2.05) is 0 Å². The van der Waals surface area contributed by atoms with Crippen LogP contribution in [-0.4, -0.2) is 13.1 Å². The number of carbonyl (C=O) groups is 1. The second kappa shape index (κ2) is 7.88. The van der Waals surface area contributed by atoms with Crippen LogP contribution in [0.4, 0.5) is 0 Å². The SMILES string of the molecule is COC(=O)c1[c-]ccc(Br)c1.[Zn+][I]. The number of ether oxygens (including phenoxy) is 1. The first-order chi connectivity index (χ1) is 6.24. The summed E-state index contributed by atoms with van der Waals surface area (Å²) in [6, 6.07) is 7.88. The van der Waals surface area contributed by atoms with Crippen molar-refractivity contribution >= 4 is 41.6 Å². The van der Waals surface area contributed by atoms with Crippen LogP contribution in [0.3, 0.4) is 0 Å². The Morgan fingerprint density at radius 2 is 2.31 bits per heavy atom. The number of hydrogen-bond acceptors (Lipinski definition) is 2. The third kappa shape index (κ3) is 5.08. The van der Waals surface area contributed by atoms with Gasteiger partial charge >= 0.3 is 34.5 Å². The summed E-state index contributed by atoms with van der Waals surface area (Å²) in [5.74, 6) is -0.369. The van der Waals surface area contributed by atoms with Crippen LogP contribution in [0.25, 0.3) is 0 Å². The first kappa shape index (κ1) is 13.5. The molecule has 0 aliphatic rings. The van der Waals surface area contributed by atoms with Crippen LogP contribution in [0.5, 0.6) is 0 Å². The third-order valence-corrected chi connectivity index (χ3v) is 1.66. The van der Waals surface area contributed by atoms with E-state index in [1.165, 1.54) is 21.9 Å². The number of methoxy groups -OCH3 is 1. The second-order valence-electron chi connectivity index (χ2n) is 1.91. The van der Waals surface area contributed by atoms with Crippen LogP contribution in [0.15, 0.2) is 22.7 Å². The maximum absolute atomic E-state index is 10.9. The number of halogens is 2. The van der Waals surface area contributed by atoms with E-state index in [0.717, 1.165) is 4.47 Å². The minimum atomic E-state index is -0.369. The van der Waals surface area contributed by atoms with Crippen molar-refractivity contribution in [2.24, 2.45) is 0 Å². The molecule has 0 saturated carbocycles. The molecule has 0 aliphatic heterocycles. The van der Waals surface area contributed by atoms with Crippen molar-refractivity contribution in [3.05, 3.63) is 34.3 Å². The molecule has 0 aromatic heterocycles. The summed E-state index contributed by atoms with van der Waals surface area (Å²) in [5.41, 5.74) is 0.432. The van der Waals surface area contributed by atoms with Crippen LogP contribution in [0, 0.1) is 6.07 Å². The summed E-state index contributed by atoms with van der Waals surface area (Å²) in [7, 11) is 1.34. The molecular weight excluding hydrogens is 400 g/mol. The van der Waals surface area contributed by atoms with Gasteiger partial charge in [0.15, 0.2) is 0 Å². The molecule has 0 bridgehead atoms. The summed E-state index contributed by atoms with van der Waals surface area (Å²) in [6.45, 7) is 0. The number of esters is 1. The van der Waals surface area contributed by atoms with Crippen molar-refractivity contribution in [3.8, 4) is 0 Å². The molecule has 0 fully saturated rings. The van der Waals surface area contributed by atoms with Crippen molar-refractivity contribution in [1.82, 2.24) is 0 Å². The average molecular weight is 406 g/mol. The zero-order chi connectivity index (χ0) is 10.3. The number of rotatable bonds is 1. The monoisotopic (exact) mass is 404 g/mol. The number of carbonyl (C=O) groups excluding carboxylic acids is 1. The van der Waals surface area contributed by atoms with Gasteiger partial charge in [0, 0.05) is 0 Å². The summed E-state index contributed by atoms with van der Waals surface area (Å²) < 4.78 is 5.34. The van der Waals surface area contributed by atoms with Crippen molar-refractivity contribution < 1.29 is 24.3 Å². The van der Waals surface area contributed by atoms with Crippen molar-refractivity contribution in [3.63, 3.8) is 0 Å². The Kier molecular flexibility index (Phi) is 8.20. The van der Waals surface area contributed by atoms with Gasteiger partial charge in [-0.2, -0.15) is 0 Å². The third-order valence-electron chi connectivity index (χ3n) is 1.17. The molecule has 0 heterocycles. The van der Waals surface area contributed by atoms with Gasteiger partial charge in [-0.1, -0.05) is 26.0 Å². The van der Waals surface area contributed by atoms with Gasteiger partial charge in [0.05, 0.1) is 7.11 Å². The topological polar surface area (TPSA) is 26.3 Å². The Labute approximate surface area is 106 Å². The predicted molar refractivity (Wildman–Crippen MR) is 58.3 cm³/mol. The quantitative estimate of drug-likeness (QED) is 0.310. The molecule has 1 aromatic carbocycles. The molecular formula is C8H6BrIO2Zn. The van der Waals surface area contributed by atoms with Gasteiger partial charge in [0.25, 0.3) is 0 Å². The minimum absolute atomic E-state index is 0.369. The van der Waals surface area contributed by atoms with Crippen LogP contribution in [-0.2, 0) is 19.5 Å². The molecule has 1 aromatic rings. The molecule has 1 rings (SSSR count). The van der Waals surface area contributed by atoms with Crippen LogP contribution in [0.1, 0.15) is 10.4 Å². The molecule has 0 saturated heterocycles. The number of benzene rings is 1. The van der Waals surface area contributed by atoms with E-state index in [4.69, 9.17) is 0 Å². The van der Waals surface area contributed by atoms with Gasteiger partial charge in [0.1, 0.15) is 0 Å². The Balaban J connectivity index is 0.000000671. The van der Waals surface area contributed by atoms with Crippen molar-refractivity contribution in [1.29, 1.82) is 0 Å². The molecule has 66 valence electrons. The summed E-state index contributed by atoms with van der Waals surface area (Å²) in [6.07, 6.45) is 0. The molecule has 0 amide bonds. The molecule has 0 aliphatic carbocycles. The molecule has 0 spiro atoms. The van der Waals surface area contributed by atoms with E-state index in [0.29, 0.717) is 5.56 Å². The first-order valence-electron chi connectivity index (χ1n) is 3.26. The van der Waals surface area contributed by atoms with E-state index in [1.54, 1.807) is 18.2 Å². The molecule has 0 unspecified atom stereocenters. The van der Waals surface area contributed by atoms with Gasteiger partial charge in [-0.15, -0.1) is 24.3 Å². The van der Waals surface area contributed by atoms with Crippen molar-refractivity contribution in [2.75, 3.05) is 7.11 Å². The zero-order valence-electron chi connectivity index (χ0n) is 7.01. The van der Waals surface area contributed by atoms with Gasteiger partial charge < -0.3 is 9.53 Å². The summed E-state index contributed by atoms with van der Waals surface area (Å²) in [4.78, 5) is 10.9. The Hall–Kier alpha value is 0.523. The Bertz CT molecular complexity index is 281. The van der Waals surface area contributed by atoms with E-state index >= 15 is 0 Å². The summed E-state index contributed by atoms with van der Waals surface area (Å²) >= 11 is 6.85. The van der Waals surface area contributed by atoms with Gasteiger partial charge in [-0.25, -0.2) is 0 Å². The second-order valence-corrected chi connectivity index (χ2v) is 2.83. The van der Waals surface area contributed by atoms with Gasteiger partial charge in [-0.05, 0) is 0 Å². The molecule has 0 N–H and O–H groups in total. The average Bonchev–Trinajstić information content (AvgIpc) is 2.20. The molecule has 0 radical (unpaired) electrons. The van der Waals surface area contributed by atoms with Gasteiger partial charge in [0.2, 0.25) is 5.97 Å². The van der Waals surface area contributed by atoms with Crippen LogP contribution < -0.4 is 0 Å². The zero-order valence-corrected chi connectivity index (χ0v) is 13.7. The standard InChI is InChI=1S/C8H6BrO2.HI.Zn/c1-11-8(10)6-3-2-4-7(9)5-6;;/h2,4-5H,1H3;1H;/q-1;;+2/p-1. The van der Waals surface area contributed by atoms with Crippen LogP contribution >= 0.6 is 35.7 Å². The van der Waals surface area contributed by atoms with Crippen LogP contribution in [0.2, 0.25) is 0 Å². The molecule has 2 nitrogen and oxygen atoms in total. The first-order valence-corrected chi connectivity index (χ1v) is 13.1. The fraction of sp³-hybridized carbons (Fsp3) is 0.125. The normalized spacial score (nSPS) is 8.38. The van der Waals surface area contributed by atoms with Crippen molar-refractivity contribution in [2.45, 2.75) is 0 Å². The van der Waals surface area contributed by atoms with Gasteiger partial charge in [-0.3, -0.25) is 0 Å². The van der Waals surface area contributed by atoms with E-state index in [-0.39, 0.29) is 5.97 Å². The summed E-state index contributed by atoms with van der Waals surface area (Å²) in [5, 5.41) is 0. The van der Waals surface area contributed by atoms with E-state index < -0.39 is 0 Å². The Morgan fingerprint density at radius 3 is 2.77 bits per heavy atom. The molecule has 0 atom stereocenters. The van der Waals surface area contributed by atoms with E-state index in [9.17, 15) is 4.79 Å². The maximum atomic E-state index is 10.9. The molecule has 13 heavy (non-hydrogen) atoms. The van der Waals surface area contributed by atoms with E-state index in [2.05, 4.69) is 46.5 Å². The number of hydrogen-bond donors (Lipinski definition) is 0. The fourth-order valence-corrected chi connectivity index (χ4v) is 1.03. The fourth-order valence-electron chi connectivity index (χ4n) is 0.667. The Morgan fingerprint density at radius 1 is 1.69 bits per heavy atom. The predicted octanol–water partition coefficient (Wildman–Crippen LogP) is 2.92.